The number of aliphatic hydroxyl groups excluding tert-OH is 1. The van der Waals surface area contributed by atoms with E-state index in [-0.39, 0.29) is 18.1 Å². The molecule has 4 rings (SSSR count). The van der Waals surface area contributed by atoms with Gasteiger partial charge in [0.1, 0.15) is 0 Å². The molecule has 166 valence electrons. The number of aliphatic hydroxyl groups is 1. The van der Waals surface area contributed by atoms with Gasteiger partial charge in [0.15, 0.2) is 0 Å². The Morgan fingerprint density at radius 2 is 1.45 bits per heavy atom. The number of aromatic carboxylic acids is 1. The van der Waals surface area contributed by atoms with E-state index in [9.17, 15) is 19.8 Å². The molecule has 5 heteroatoms. The number of carboxylic acids is 1. The van der Waals surface area contributed by atoms with Crippen LogP contribution in [-0.4, -0.2) is 22.1 Å². The van der Waals surface area contributed by atoms with Crippen molar-refractivity contribution < 1.29 is 19.8 Å². The third-order valence-corrected chi connectivity index (χ3v) is 5.97. The predicted molar refractivity (Wildman–Crippen MR) is 130 cm³/mol. The second-order valence-electron chi connectivity index (χ2n) is 8.03. The maximum absolute atomic E-state index is 13.3. The summed E-state index contributed by atoms with van der Waals surface area (Å²) < 4.78 is 0. The SMILES string of the molecule is CC(C(=O)Nc1c(CO)cccc1Cc1ccccc1C(=O)O)c1cccc2ccccc12. The Labute approximate surface area is 192 Å². The maximum Gasteiger partial charge on any atom is 0.335 e. The number of anilines is 1. The van der Waals surface area contributed by atoms with Crippen molar-refractivity contribution in [2.24, 2.45) is 0 Å². The van der Waals surface area contributed by atoms with Gasteiger partial charge < -0.3 is 15.5 Å². The predicted octanol–water partition coefficient (Wildman–Crippen LogP) is 5.36. The van der Waals surface area contributed by atoms with E-state index in [0.717, 1.165) is 21.9 Å². The number of hydrogen-bond donors (Lipinski definition) is 3. The van der Waals surface area contributed by atoms with Gasteiger partial charge in [0.05, 0.1) is 18.1 Å². The first-order valence-corrected chi connectivity index (χ1v) is 10.8. The summed E-state index contributed by atoms with van der Waals surface area (Å²) in [7, 11) is 0. The lowest BCUT2D eigenvalue weighted by Crippen LogP contribution is -2.21. The molecule has 0 fully saturated rings. The van der Waals surface area contributed by atoms with Crippen molar-refractivity contribution in [1.82, 2.24) is 0 Å². The van der Waals surface area contributed by atoms with Gasteiger partial charge in [0.25, 0.3) is 0 Å². The Hall–Kier alpha value is -3.96. The van der Waals surface area contributed by atoms with Gasteiger partial charge in [-0.1, -0.05) is 78.9 Å². The molecule has 1 atom stereocenters. The average Bonchev–Trinajstić information content (AvgIpc) is 2.84. The lowest BCUT2D eigenvalue weighted by molar-refractivity contribution is -0.117. The average molecular weight is 440 g/mol. The first-order valence-electron chi connectivity index (χ1n) is 10.8. The van der Waals surface area contributed by atoms with Crippen molar-refractivity contribution >= 4 is 28.3 Å². The van der Waals surface area contributed by atoms with Crippen LogP contribution in [0.25, 0.3) is 10.8 Å². The van der Waals surface area contributed by atoms with E-state index >= 15 is 0 Å². The van der Waals surface area contributed by atoms with Crippen molar-refractivity contribution in [1.29, 1.82) is 0 Å². The number of nitrogens with one attached hydrogen (secondary N) is 1. The van der Waals surface area contributed by atoms with Gasteiger partial charge >= 0.3 is 5.97 Å². The standard InChI is InChI=1S/C28H25NO4/c1-18(23-15-7-10-19-8-2-4-13-24(19)23)27(31)29-26-21(11-6-12-22(26)17-30)16-20-9-3-5-14-25(20)28(32)33/h2-15,18,30H,16-17H2,1H3,(H,29,31)(H,32,33). The summed E-state index contributed by atoms with van der Waals surface area (Å²) >= 11 is 0. The molecule has 0 saturated heterocycles. The van der Waals surface area contributed by atoms with Gasteiger partial charge in [-0.25, -0.2) is 4.79 Å². The Morgan fingerprint density at radius 3 is 2.24 bits per heavy atom. The fourth-order valence-electron chi connectivity index (χ4n) is 4.18. The number of hydrogen-bond acceptors (Lipinski definition) is 3. The fourth-order valence-corrected chi connectivity index (χ4v) is 4.18. The van der Waals surface area contributed by atoms with Crippen molar-refractivity contribution in [2.75, 3.05) is 5.32 Å². The number of amides is 1. The highest BCUT2D eigenvalue weighted by molar-refractivity contribution is 6.00. The highest BCUT2D eigenvalue weighted by Gasteiger charge is 2.21. The molecule has 0 aliphatic heterocycles. The fraction of sp³-hybridized carbons (Fsp3) is 0.143. The zero-order valence-corrected chi connectivity index (χ0v) is 18.3. The van der Waals surface area contributed by atoms with Gasteiger partial charge in [0.2, 0.25) is 5.91 Å². The van der Waals surface area contributed by atoms with Crippen LogP contribution in [-0.2, 0) is 17.8 Å². The molecule has 3 N–H and O–H groups in total. The smallest absolute Gasteiger partial charge is 0.335 e. The molecule has 4 aromatic rings. The Kier molecular flexibility index (Phi) is 6.52. The number of para-hydroxylation sites is 1. The molecule has 0 saturated carbocycles. The normalized spacial score (nSPS) is 11.8. The zero-order chi connectivity index (χ0) is 23.4. The van der Waals surface area contributed by atoms with Crippen LogP contribution in [0.3, 0.4) is 0 Å². The molecule has 33 heavy (non-hydrogen) atoms. The van der Waals surface area contributed by atoms with E-state index < -0.39 is 11.9 Å². The summed E-state index contributed by atoms with van der Waals surface area (Å²) in [6.45, 7) is 1.62. The van der Waals surface area contributed by atoms with Crippen LogP contribution in [0.5, 0.6) is 0 Å². The first-order chi connectivity index (χ1) is 16.0. The van der Waals surface area contributed by atoms with Crippen LogP contribution in [0.1, 0.15) is 45.5 Å². The highest BCUT2D eigenvalue weighted by atomic mass is 16.4. The minimum atomic E-state index is -1.00. The minimum absolute atomic E-state index is 0.194. The van der Waals surface area contributed by atoms with Gasteiger partial charge in [0, 0.05) is 17.7 Å². The number of rotatable bonds is 7. The topological polar surface area (TPSA) is 86.6 Å². The lowest BCUT2D eigenvalue weighted by atomic mass is 9.93. The highest BCUT2D eigenvalue weighted by Crippen LogP contribution is 2.30. The summed E-state index contributed by atoms with van der Waals surface area (Å²) in [5, 5.41) is 24.6. The molecular weight excluding hydrogens is 414 g/mol. The lowest BCUT2D eigenvalue weighted by Gasteiger charge is -2.19. The molecular formula is C28H25NO4. The Bertz CT molecular complexity index is 1320. The van der Waals surface area contributed by atoms with E-state index in [2.05, 4.69) is 5.32 Å². The van der Waals surface area contributed by atoms with Crippen molar-refractivity contribution in [3.63, 3.8) is 0 Å². The van der Waals surface area contributed by atoms with Crippen LogP contribution in [0.2, 0.25) is 0 Å². The van der Waals surface area contributed by atoms with Crippen molar-refractivity contribution in [3.8, 4) is 0 Å². The molecule has 0 bridgehead atoms. The summed E-state index contributed by atoms with van der Waals surface area (Å²) in [6.07, 6.45) is 0.314. The van der Waals surface area contributed by atoms with Crippen LogP contribution >= 0.6 is 0 Å². The molecule has 0 aromatic heterocycles. The van der Waals surface area contributed by atoms with E-state index in [4.69, 9.17) is 0 Å². The molecule has 0 aliphatic rings. The number of carbonyl (C=O) groups excluding carboxylic acids is 1. The number of carbonyl (C=O) groups is 2. The summed E-state index contributed by atoms with van der Waals surface area (Å²) in [5.41, 5.74) is 3.63. The summed E-state index contributed by atoms with van der Waals surface area (Å²) in [4.78, 5) is 25.0. The monoisotopic (exact) mass is 439 g/mol. The van der Waals surface area contributed by atoms with Crippen LogP contribution in [0.4, 0.5) is 5.69 Å². The van der Waals surface area contributed by atoms with Gasteiger partial charge in [-0.3, -0.25) is 4.79 Å². The zero-order valence-electron chi connectivity index (χ0n) is 18.3. The number of carboxylic acid groups (broad SMARTS) is 1. The third-order valence-electron chi connectivity index (χ3n) is 5.97. The van der Waals surface area contributed by atoms with Crippen molar-refractivity contribution in [3.05, 3.63) is 113 Å². The quantitative estimate of drug-likeness (QED) is 0.362. The second-order valence-corrected chi connectivity index (χ2v) is 8.03. The van der Waals surface area contributed by atoms with E-state index in [1.165, 1.54) is 0 Å². The van der Waals surface area contributed by atoms with Gasteiger partial charge in [-0.2, -0.15) is 0 Å². The maximum atomic E-state index is 13.3. The Balaban J connectivity index is 1.68. The number of benzene rings is 4. The minimum Gasteiger partial charge on any atom is -0.478 e. The largest absolute Gasteiger partial charge is 0.478 e. The van der Waals surface area contributed by atoms with E-state index in [1.54, 1.807) is 36.4 Å². The van der Waals surface area contributed by atoms with Crippen LogP contribution in [0.15, 0.2) is 84.9 Å². The Morgan fingerprint density at radius 1 is 0.818 bits per heavy atom. The molecule has 0 heterocycles. The van der Waals surface area contributed by atoms with E-state index in [1.807, 2.05) is 55.5 Å². The molecule has 0 radical (unpaired) electrons. The van der Waals surface area contributed by atoms with E-state index in [0.29, 0.717) is 23.2 Å². The van der Waals surface area contributed by atoms with Crippen LogP contribution in [0, 0.1) is 0 Å². The number of fused-ring (bicyclic) bond motifs is 1. The molecule has 1 unspecified atom stereocenters. The second kappa shape index (κ2) is 9.67. The summed E-state index contributed by atoms with van der Waals surface area (Å²) in [6, 6.07) is 26.1. The molecule has 5 nitrogen and oxygen atoms in total. The molecule has 4 aromatic carbocycles. The summed E-state index contributed by atoms with van der Waals surface area (Å²) in [5.74, 6) is -1.62. The van der Waals surface area contributed by atoms with Crippen LogP contribution < -0.4 is 5.32 Å². The third kappa shape index (κ3) is 4.64. The molecule has 1 amide bonds. The molecule has 0 aliphatic carbocycles. The molecule has 0 spiro atoms. The van der Waals surface area contributed by atoms with Gasteiger partial charge in [-0.15, -0.1) is 0 Å². The van der Waals surface area contributed by atoms with Crippen molar-refractivity contribution in [2.45, 2.75) is 25.9 Å². The first kappa shape index (κ1) is 22.2. The van der Waals surface area contributed by atoms with Gasteiger partial charge in [-0.05, 0) is 40.5 Å².